The van der Waals surface area contributed by atoms with Crippen molar-refractivity contribution in [3.05, 3.63) is 45.9 Å². The van der Waals surface area contributed by atoms with Gasteiger partial charge in [0.25, 0.3) is 5.91 Å². The zero-order chi connectivity index (χ0) is 18.2. The second-order valence-electron chi connectivity index (χ2n) is 6.51. The molecule has 3 rings (SSSR count). The lowest BCUT2D eigenvalue weighted by molar-refractivity contribution is -0.131. The van der Waals surface area contributed by atoms with Gasteiger partial charge in [0.05, 0.1) is 24.4 Å². The van der Waals surface area contributed by atoms with Gasteiger partial charge in [-0.2, -0.15) is 0 Å². The summed E-state index contributed by atoms with van der Waals surface area (Å²) in [6, 6.07) is 6.73. The Morgan fingerprint density at radius 2 is 1.96 bits per heavy atom. The van der Waals surface area contributed by atoms with Gasteiger partial charge >= 0.3 is 6.03 Å². The first-order valence-electron chi connectivity index (χ1n) is 8.08. The molecule has 1 aromatic carbocycles. The molecule has 1 fully saturated rings. The van der Waals surface area contributed by atoms with Crippen molar-refractivity contribution < 1.29 is 14.3 Å². The molecule has 1 aliphatic rings. The molecule has 1 aliphatic heterocycles. The maximum atomic E-state index is 12.9. The van der Waals surface area contributed by atoms with E-state index in [1.807, 2.05) is 5.38 Å². The number of carbonyl (C=O) groups excluding carboxylic acids is 2. The van der Waals surface area contributed by atoms with Crippen LogP contribution < -0.4 is 10.1 Å². The molecule has 2 aromatic rings. The van der Waals surface area contributed by atoms with Gasteiger partial charge in [-0.15, -0.1) is 11.3 Å². The first-order chi connectivity index (χ1) is 11.8. The minimum Gasteiger partial charge on any atom is -0.497 e. The summed E-state index contributed by atoms with van der Waals surface area (Å²) in [7, 11) is 1.58. The van der Waals surface area contributed by atoms with Crippen molar-refractivity contribution in [3.8, 4) is 5.75 Å². The quantitative estimate of drug-likeness (QED) is 0.832. The van der Waals surface area contributed by atoms with E-state index >= 15 is 0 Å². The number of ether oxygens (including phenoxy) is 1. The van der Waals surface area contributed by atoms with Crippen molar-refractivity contribution in [1.82, 2.24) is 15.2 Å². The Balaban J connectivity index is 1.83. The van der Waals surface area contributed by atoms with E-state index in [-0.39, 0.29) is 12.5 Å². The average molecular weight is 359 g/mol. The van der Waals surface area contributed by atoms with Crippen LogP contribution in [0.4, 0.5) is 4.79 Å². The number of thiazole rings is 1. The minimum atomic E-state index is -1.08. The molecule has 3 amide bonds. The van der Waals surface area contributed by atoms with Crippen LogP contribution in [0.25, 0.3) is 0 Å². The van der Waals surface area contributed by atoms with Gasteiger partial charge in [-0.25, -0.2) is 9.78 Å². The smallest absolute Gasteiger partial charge is 0.325 e. The summed E-state index contributed by atoms with van der Waals surface area (Å²) in [6.45, 7) is 6.03. The van der Waals surface area contributed by atoms with E-state index in [1.165, 1.54) is 4.90 Å². The van der Waals surface area contributed by atoms with E-state index in [1.54, 1.807) is 49.6 Å². The van der Waals surface area contributed by atoms with Crippen LogP contribution in [0.5, 0.6) is 5.75 Å². The lowest BCUT2D eigenvalue weighted by Gasteiger charge is -2.22. The number of benzene rings is 1. The van der Waals surface area contributed by atoms with E-state index in [2.05, 4.69) is 24.1 Å². The third-order valence-corrected chi connectivity index (χ3v) is 5.52. The van der Waals surface area contributed by atoms with E-state index < -0.39 is 11.6 Å². The average Bonchev–Trinajstić information content (AvgIpc) is 3.15. The normalized spacial score (nSPS) is 20.3. The Bertz CT molecular complexity index is 800. The standard InChI is InChI=1S/C18H21N3O3S/c1-11(2)15-19-13(10-25-15)9-21-16(22)18(3,20-17(21)23)12-5-7-14(24-4)8-6-12/h5-8,10-11H,9H2,1-4H3,(H,20,23)/t18-/m0/s1. The van der Waals surface area contributed by atoms with E-state index in [9.17, 15) is 9.59 Å². The molecule has 1 atom stereocenters. The van der Waals surface area contributed by atoms with Crippen LogP contribution in [0.1, 0.15) is 43.0 Å². The number of hydrogen-bond donors (Lipinski definition) is 1. The number of nitrogens with one attached hydrogen (secondary N) is 1. The van der Waals surface area contributed by atoms with E-state index in [0.717, 1.165) is 16.3 Å². The number of aromatic nitrogens is 1. The Hall–Kier alpha value is -2.41. The summed E-state index contributed by atoms with van der Waals surface area (Å²) >= 11 is 1.55. The van der Waals surface area contributed by atoms with Crippen molar-refractivity contribution in [2.45, 2.75) is 38.8 Å². The van der Waals surface area contributed by atoms with E-state index in [0.29, 0.717) is 11.7 Å². The number of imide groups is 1. The number of hydrogen-bond acceptors (Lipinski definition) is 5. The molecule has 0 radical (unpaired) electrons. The summed E-state index contributed by atoms with van der Waals surface area (Å²) < 4.78 is 5.14. The molecule has 1 saturated heterocycles. The molecule has 2 heterocycles. The van der Waals surface area contributed by atoms with Gasteiger partial charge in [0.1, 0.15) is 11.3 Å². The summed E-state index contributed by atoms with van der Waals surface area (Å²) in [5.74, 6) is 0.748. The molecule has 6 nitrogen and oxygen atoms in total. The lowest BCUT2D eigenvalue weighted by atomic mass is 9.92. The number of urea groups is 1. The van der Waals surface area contributed by atoms with Crippen LogP contribution in [0.2, 0.25) is 0 Å². The Morgan fingerprint density at radius 1 is 1.28 bits per heavy atom. The summed E-state index contributed by atoms with van der Waals surface area (Å²) in [5, 5.41) is 5.71. The largest absolute Gasteiger partial charge is 0.497 e. The van der Waals surface area contributed by atoms with Crippen LogP contribution in [0.3, 0.4) is 0 Å². The highest BCUT2D eigenvalue weighted by molar-refractivity contribution is 7.09. The number of amides is 3. The summed E-state index contributed by atoms with van der Waals surface area (Å²) in [6.07, 6.45) is 0. The minimum absolute atomic E-state index is 0.180. The fourth-order valence-corrected chi connectivity index (χ4v) is 3.61. The highest BCUT2D eigenvalue weighted by Crippen LogP contribution is 2.31. The number of carbonyl (C=O) groups is 2. The first-order valence-corrected chi connectivity index (χ1v) is 8.96. The molecule has 0 spiro atoms. The summed E-state index contributed by atoms with van der Waals surface area (Å²) in [4.78, 5) is 31.1. The molecule has 25 heavy (non-hydrogen) atoms. The van der Waals surface area contributed by atoms with Crippen LogP contribution in [0, 0.1) is 0 Å². The Kier molecular flexibility index (Phi) is 4.51. The fourth-order valence-electron chi connectivity index (χ4n) is 2.78. The van der Waals surface area contributed by atoms with Crippen LogP contribution in [0.15, 0.2) is 29.6 Å². The van der Waals surface area contributed by atoms with Crippen LogP contribution >= 0.6 is 11.3 Å². The SMILES string of the molecule is COc1ccc([C@]2(C)NC(=O)N(Cc3csc(C(C)C)n3)C2=O)cc1. The maximum Gasteiger partial charge on any atom is 0.325 e. The highest BCUT2D eigenvalue weighted by atomic mass is 32.1. The van der Waals surface area contributed by atoms with Crippen LogP contribution in [-0.2, 0) is 16.9 Å². The van der Waals surface area contributed by atoms with Gasteiger partial charge in [-0.1, -0.05) is 26.0 Å². The zero-order valence-corrected chi connectivity index (χ0v) is 15.5. The van der Waals surface area contributed by atoms with Gasteiger partial charge in [-0.3, -0.25) is 9.69 Å². The van der Waals surface area contributed by atoms with Gasteiger partial charge in [0, 0.05) is 11.3 Å². The van der Waals surface area contributed by atoms with Gasteiger partial charge in [0.15, 0.2) is 0 Å². The van der Waals surface area contributed by atoms with Crippen molar-refractivity contribution >= 4 is 23.3 Å². The number of methoxy groups -OCH3 is 1. The monoisotopic (exact) mass is 359 g/mol. The molecule has 0 unspecified atom stereocenters. The Labute approximate surface area is 150 Å². The second-order valence-corrected chi connectivity index (χ2v) is 7.40. The number of nitrogens with zero attached hydrogens (tertiary/aromatic N) is 2. The van der Waals surface area contributed by atoms with Gasteiger partial charge in [-0.05, 0) is 24.6 Å². The number of rotatable bonds is 5. The topological polar surface area (TPSA) is 71.5 Å². The highest BCUT2D eigenvalue weighted by Gasteiger charge is 2.49. The molecule has 0 saturated carbocycles. The molecular formula is C18H21N3O3S. The third kappa shape index (κ3) is 3.11. The predicted octanol–water partition coefficient (Wildman–Crippen LogP) is 3.24. The molecule has 0 bridgehead atoms. The fraction of sp³-hybridized carbons (Fsp3) is 0.389. The zero-order valence-electron chi connectivity index (χ0n) is 14.7. The van der Waals surface area contributed by atoms with Crippen LogP contribution in [-0.4, -0.2) is 28.9 Å². The molecule has 1 N–H and O–H groups in total. The summed E-state index contributed by atoms with van der Waals surface area (Å²) in [5.41, 5.74) is 0.367. The first kappa shape index (κ1) is 17.4. The van der Waals surface area contributed by atoms with Crippen molar-refractivity contribution in [3.63, 3.8) is 0 Å². The van der Waals surface area contributed by atoms with Gasteiger partial charge < -0.3 is 10.1 Å². The van der Waals surface area contributed by atoms with Crippen molar-refractivity contribution in [1.29, 1.82) is 0 Å². The molecule has 1 aromatic heterocycles. The predicted molar refractivity (Wildman–Crippen MR) is 95.6 cm³/mol. The van der Waals surface area contributed by atoms with Gasteiger partial charge in [0.2, 0.25) is 0 Å². The lowest BCUT2D eigenvalue weighted by Crippen LogP contribution is -2.40. The molecule has 0 aliphatic carbocycles. The Morgan fingerprint density at radius 3 is 2.52 bits per heavy atom. The molecule has 132 valence electrons. The molecule has 7 heteroatoms. The maximum absolute atomic E-state index is 12.9. The second kappa shape index (κ2) is 6.48. The van der Waals surface area contributed by atoms with E-state index in [4.69, 9.17) is 4.74 Å². The third-order valence-electron chi connectivity index (χ3n) is 4.33. The van der Waals surface area contributed by atoms with Crippen molar-refractivity contribution in [2.24, 2.45) is 0 Å². The molecular weight excluding hydrogens is 338 g/mol. The van der Waals surface area contributed by atoms with Crippen molar-refractivity contribution in [2.75, 3.05) is 7.11 Å².